The number of nitro groups is 1. The van der Waals surface area contributed by atoms with Crippen LogP contribution < -0.4 is 0 Å². The van der Waals surface area contributed by atoms with Crippen molar-refractivity contribution in [3.05, 3.63) is 10.1 Å². The summed E-state index contributed by atoms with van der Waals surface area (Å²) in [6.07, 6.45) is 9.80. The van der Waals surface area contributed by atoms with Crippen LogP contribution in [-0.4, -0.2) is 17.3 Å². The molecule has 0 spiro atoms. The predicted molar refractivity (Wildman–Crippen MR) is 71.1 cm³/mol. The second-order valence-corrected chi connectivity index (χ2v) is 5.45. The molecule has 0 heterocycles. The molecule has 4 heteroatoms. The normalized spacial score (nSPS) is 25.6. The van der Waals surface area contributed by atoms with Crippen LogP contribution in [0, 0.1) is 22.0 Å². The predicted octanol–water partition coefficient (Wildman–Crippen LogP) is 3.61. The van der Waals surface area contributed by atoms with Crippen molar-refractivity contribution in [2.75, 3.05) is 0 Å². The van der Waals surface area contributed by atoms with Crippen molar-refractivity contribution in [1.29, 1.82) is 0 Å². The van der Waals surface area contributed by atoms with E-state index in [0.717, 1.165) is 44.8 Å². The molecule has 1 fully saturated rings. The Labute approximate surface area is 109 Å². The molecule has 0 aromatic carbocycles. The minimum Gasteiger partial charge on any atom is -0.303 e. The second kappa shape index (κ2) is 8.22. The van der Waals surface area contributed by atoms with Gasteiger partial charge in [0.2, 0.25) is 6.04 Å². The number of unbranched alkanes of at least 4 members (excludes halogenated alkanes) is 3. The summed E-state index contributed by atoms with van der Waals surface area (Å²) in [7, 11) is 0. The van der Waals surface area contributed by atoms with Crippen molar-refractivity contribution in [3.63, 3.8) is 0 Å². The molecule has 104 valence electrons. The molecule has 1 aliphatic rings. The van der Waals surface area contributed by atoms with Crippen LogP contribution in [0.4, 0.5) is 0 Å². The fourth-order valence-corrected chi connectivity index (χ4v) is 3.09. The van der Waals surface area contributed by atoms with Gasteiger partial charge in [-0.1, -0.05) is 39.0 Å². The number of hydrogen-bond acceptors (Lipinski definition) is 3. The van der Waals surface area contributed by atoms with Crippen molar-refractivity contribution in [3.8, 4) is 0 Å². The van der Waals surface area contributed by atoms with Gasteiger partial charge in [-0.25, -0.2) is 0 Å². The molecule has 0 aromatic rings. The van der Waals surface area contributed by atoms with E-state index in [0.29, 0.717) is 6.42 Å². The van der Waals surface area contributed by atoms with Crippen molar-refractivity contribution < 1.29 is 9.72 Å². The lowest BCUT2D eigenvalue weighted by atomic mass is 9.75. The average molecular weight is 255 g/mol. The number of carbonyl (C=O) groups excluding carboxylic acids is 1. The molecule has 3 atom stereocenters. The molecule has 0 amide bonds. The van der Waals surface area contributed by atoms with Gasteiger partial charge in [-0.05, 0) is 19.3 Å². The van der Waals surface area contributed by atoms with E-state index in [9.17, 15) is 14.9 Å². The van der Waals surface area contributed by atoms with Crippen LogP contribution in [-0.2, 0) is 4.79 Å². The molecule has 1 aliphatic carbocycles. The van der Waals surface area contributed by atoms with Gasteiger partial charge in [-0.15, -0.1) is 0 Å². The molecule has 0 N–H and O–H groups in total. The third kappa shape index (κ3) is 4.39. The maximum Gasteiger partial charge on any atom is 0.216 e. The zero-order chi connectivity index (χ0) is 13.4. The van der Waals surface area contributed by atoms with Crippen LogP contribution in [0.25, 0.3) is 0 Å². The van der Waals surface area contributed by atoms with E-state index in [1.807, 2.05) is 0 Å². The first-order valence-corrected chi connectivity index (χ1v) is 7.29. The highest BCUT2D eigenvalue weighted by atomic mass is 16.6. The largest absolute Gasteiger partial charge is 0.303 e. The molecule has 0 aromatic heterocycles. The number of rotatable bonds is 8. The van der Waals surface area contributed by atoms with Gasteiger partial charge in [0.05, 0.1) is 0 Å². The van der Waals surface area contributed by atoms with E-state index >= 15 is 0 Å². The third-order valence-electron chi connectivity index (χ3n) is 4.17. The zero-order valence-electron chi connectivity index (χ0n) is 11.3. The summed E-state index contributed by atoms with van der Waals surface area (Å²) >= 11 is 0. The van der Waals surface area contributed by atoms with Crippen LogP contribution in [0.2, 0.25) is 0 Å². The third-order valence-corrected chi connectivity index (χ3v) is 4.17. The standard InChI is InChI=1S/C14H25NO3/c1-2-3-4-5-8-12(11-16)13-9-6-7-10-14(13)15(17)18/h11-14H,2-10H2,1H3/t12-,13+,14+/m1/s1. The Morgan fingerprint density at radius 2 is 2.00 bits per heavy atom. The summed E-state index contributed by atoms with van der Waals surface area (Å²) in [5, 5.41) is 11.1. The summed E-state index contributed by atoms with van der Waals surface area (Å²) in [5.74, 6) is -0.120. The summed E-state index contributed by atoms with van der Waals surface area (Å²) in [6.45, 7) is 2.15. The Kier molecular flexibility index (Phi) is 6.91. The van der Waals surface area contributed by atoms with Gasteiger partial charge in [0, 0.05) is 23.2 Å². The van der Waals surface area contributed by atoms with E-state index in [-0.39, 0.29) is 16.8 Å². The highest BCUT2D eigenvalue weighted by molar-refractivity contribution is 5.54. The van der Waals surface area contributed by atoms with Gasteiger partial charge < -0.3 is 4.79 Å². The summed E-state index contributed by atoms with van der Waals surface area (Å²) in [5.41, 5.74) is 0. The van der Waals surface area contributed by atoms with E-state index < -0.39 is 6.04 Å². The molecular weight excluding hydrogens is 230 g/mol. The molecular formula is C14H25NO3. The molecule has 1 rings (SSSR count). The smallest absolute Gasteiger partial charge is 0.216 e. The molecule has 1 saturated carbocycles. The monoisotopic (exact) mass is 255 g/mol. The zero-order valence-corrected chi connectivity index (χ0v) is 11.3. The van der Waals surface area contributed by atoms with Crippen LogP contribution in [0.1, 0.15) is 64.7 Å². The maximum absolute atomic E-state index is 11.2. The van der Waals surface area contributed by atoms with Gasteiger partial charge in [0.15, 0.2) is 0 Å². The quantitative estimate of drug-likeness (QED) is 0.288. The average Bonchev–Trinajstić information content (AvgIpc) is 2.39. The Bertz CT molecular complexity index is 268. The fourth-order valence-electron chi connectivity index (χ4n) is 3.09. The lowest BCUT2D eigenvalue weighted by Crippen LogP contribution is -2.37. The van der Waals surface area contributed by atoms with E-state index in [1.54, 1.807) is 0 Å². The first-order chi connectivity index (χ1) is 8.70. The highest BCUT2D eigenvalue weighted by Crippen LogP contribution is 2.33. The Balaban J connectivity index is 2.50. The molecule has 0 saturated heterocycles. The van der Waals surface area contributed by atoms with Gasteiger partial charge in [0.1, 0.15) is 6.29 Å². The van der Waals surface area contributed by atoms with Gasteiger partial charge in [-0.2, -0.15) is 0 Å². The van der Waals surface area contributed by atoms with E-state index in [1.165, 1.54) is 12.8 Å². The van der Waals surface area contributed by atoms with Crippen LogP contribution in [0.5, 0.6) is 0 Å². The Hall–Kier alpha value is -0.930. The first-order valence-electron chi connectivity index (χ1n) is 7.29. The van der Waals surface area contributed by atoms with Crippen molar-refractivity contribution >= 4 is 6.29 Å². The molecule has 0 bridgehead atoms. The number of nitrogens with zero attached hydrogens (tertiary/aromatic N) is 1. The summed E-state index contributed by atoms with van der Waals surface area (Å²) in [6, 6.07) is -0.486. The van der Waals surface area contributed by atoms with Crippen LogP contribution in [0.3, 0.4) is 0 Å². The van der Waals surface area contributed by atoms with Crippen LogP contribution in [0.15, 0.2) is 0 Å². The molecule has 0 aliphatic heterocycles. The molecule has 4 nitrogen and oxygen atoms in total. The Morgan fingerprint density at radius 1 is 1.28 bits per heavy atom. The fraction of sp³-hybridized carbons (Fsp3) is 0.929. The number of hydrogen-bond donors (Lipinski definition) is 0. The Morgan fingerprint density at radius 3 is 2.61 bits per heavy atom. The maximum atomic E-state index is 11.2. The van der Waals surface area contributed by atoms with Crippen molar-refractivity contribution in [2.24, 2.45) is 11.8 Å². The summed E-state index contributed by atoms with van der Waals surface area (Å²) < 4.78 is 0. The SMILES string of the molecule is CCCCCC[C@H](C=O)[C@@H]1CCCC[C@@H]1[N+](=O)[O-]. The van der Waals surface area contributed by atoms with E-state index in [4.69, 9.17) is 0 Å². The minimum absolute atomic E-state index is 0.0205. The topological polar surface area (TPSA) is 60.2 Å². The van der Waals surface area contributed by atoms with Crippen molar-refractivity contribution in [2.45, 2.75) is 70.8 Å². The summed E-state index contributed by atoms with van der Waals surface area (Å²) in [4.78, 5) is 22.1. The minimum atomic E-state index is -0.486. The lowest BCUT2D eigenvalue weighted by Gasteiger charge is -2.29. The molecule has 0 radical (unpaired) electrons. The first kappa shape index (κ1) is 15.1. The molecule has 0 unspecified atom stereocenters. The molecule has 18 heavy (non-hydrogen) atoms. The van der Waals surface area contributed by atoms with Gasteiger partial charge in [-0.3, -0.25) is 10.1 Å². The van der Waals surface area contributed by atoms with Crippen molar-refractivity contribution in [1.82, 2.24) is 0 Å². The number of aldehydes is 1. The second-order valence-electron chi connectivity index (χ2n) is 5.45. The van der Waals surface area contributed by atoms with Gasteiger partial charge in [0.25, 0.3) is 0 Å². The van der Waals surface area contributed by atoms with Gasteiger partial charge >= 0.3 is 0 Å². The lowest BCUT2D eigenvalue weighted by molar-refractivity contribution is -0.537. The number of carbonyl (C=O) groups is 1. The highest BCUT2D eigenvalue weighted by Gasteiger charge is 2.38. The van der Waals surface area contributed by atoms with Crippen LogP contribution >= 0.6 is 0 Å². The van der Waals surface area contributed by atoms with E-state index in [2.05, 4.69) is 6.92 Å².